The number of carbonyl (C=O) groups is 4. The minimum atomic E-state index is -1.42. The first-order valence-corrected chi connectivity index (χ1v) is 9.69. The van der Waals surface area contributed by atoms with E-state index in [1.807, 2.05) is 0 Å². The van der Waals surface area contributed by atoms with Crippen LogP contribution in [0.25, 0.3) is 0 Å². The lowest BCUT2D eigenvalue weighted by atomic mass is 9.98. The Labute approximate surface area is 188 Å². The van der Waals surface area contributed by atoms with Crippen LogP contribution in [0.4, 0.5) is 5.69 Å². The second-order valence-electron chi connectivity index (χ2n) is 6.94. The van der Waals surface area contributed by atoms with E-state index in [9.17, 15) is 29.3 Å². The van der Waals surface area contributed by atoms with Crippen LogP contribution >= 0.6 is 0 Å². The summed E-state index contributed by atoms with van der Waals surface area (Å²) in [6, 6.07) is 4.93. The minimum absolute atomic E-state index is 0.0986. The van der Waals surface area contributed by atoms with Gasteiger partial charge in [0, 0.05) is 39.8 Å². The number of hydrogen-bond acceptors (Lipinski definition) is 12. The van der Waals surface area contributed by atoms with Gasteiger partial charge in [0.05, 0.1) is 4.92 Å². The summed E-state index contributed by atoms with van der Waals surface area (Å²) in [7, 11) is 0. The number of benzene rings is 1. The average Bonchev–Trinajstić information content (AvgIpc) is 2.70. The molecule has 2 rings (SSSR count). The highest BCUT2D eigenvalue weighted by atomic mass is 16.7. The molecule has 180 valence electrons. The molecule has 1 saturated heterocycles. The SMILES string of the molecule is CC(=O)OC[C@H]1OC(Oc2ccc([N+](=O)[O-])cc2)[C@H](OC(C)=O)[C@@H](OC(C)=O)[C@H]1OC(C)=O. The maximum atomic E-state index is 11.8. The molecule has 5 atom stereocenters. The van der Waals surface area contributed by atoms with Crippen molar-refractivity contribution < 1.29 is 52.5 Å². The molecule has 1 unspecified atom stereocenters. The first-order chi connectivity index (χ1) is 15.5. The second-order valence-corrected chi connectivity index (χ2v) is 6.94. The number of ether oxygens (including phenoxy) is 6. The zero-order valence-electron chi connectivity index (χ0n) is 18.2. The molecule has 0 amide bonds. The molecule has 1 aliphatic rings. The molecule has 13 heteroatoms. The molecule has 0 radical (unpaired) electrons. The number of carbonyl (C=O) groups excluding carboxylic acids is 4. The van der Waals surface area contributed by atoms with Crippen molar-refractivity contribution in [1.29, 1.82) is 0 Å². The van der Waals surface area contributed by atoms with Gasteiger partial charge in [-0.2, -0.15) is 0 Å². The highest BCUT2D eigenvalue weighted by molar-refractivity contribution is 5.68. The Bertz CT molecular complexity index is 899. The van der Waals surface area contributed by atoms with Crippen molar-refractivity contribution in [3.8, 4) is 5.75 Å². The monoisotopic (exact) mass is 469 g/mol. The smallest absolute Gasteiger partial charge is 0.303 e. The largest absolute Gasteiger partial charge is 0.463 e. The van der Waals surface area contributed by atoms with Gasteiger partial charge in [0.15, 0.2) is 12.2 Å². The van der Waals surface area contributed by atoms with Gasteiger partial charge < -0.3 is 28.4 Å². The van der Waals surface area contributed by atoms with Gasteiger partial charge in [-0.1, -0.05) is 0 Å². The van der Waals surface area contributed by atoms with Gasteiger partial charge in [-0.25, -0.2) is 0 Å². The van der Waals surface area contributed by atoms with Crippen LogP contribution in [-0.2, 0) is 42.9 Å². The normalized spacial score (nSPS) is 24.2. The van der Waals surface area contributed by atoms with E-state index in [0.717, 1.165) is 27.7 Å². The van der Waals surface area contributed by atoms with Gasteiger partial charge >= 0.3 is 23.9 Å². The molecule has 0 aromatic heterocycles. The molecular formula is C20H23NO12. The minimum Gasteiger partial charge on any atom is -0.463 e. The number of non-ortho nitro benzene ring substituents is 1. The summed E-state index contributed by atoms with van der Waals surface area (Å²) >= 11 is 0. The Kier molecular flexibility index (Phi) is 8.68. The first-order valence-electron chi connectivity index (χ1n) is 9.69. The third-order valence-corrected chi connectivity index (χ3v) is 4.25. The molecule has 33 heavy (non-hydrogen) atoms. The molecule has 0 N–H and O–H groups in total. The Balaban J connectivity index is 2.43. The lowest BCUT2D eigenvalue weighted by molar-refractivity contribution is -0.384. The summed E-state index contributed by atoms with van der Waals surface area (Å²) in [5.41, 5.74) is -0.191. The van der Waals surface area contributed by atoms with Crippen molar-refractivity contribution in [2.45, 2.75) is 58.4 Å². The van der Waals surface area contributed by atoms with Crippen LogP contribution in [0.2, 0.25) is 0 Å². The molecule has 1 heterocycles. The molecular weight excluding hydrogens is 446 g/mol. The third kappa shape index (κ3) is 7.42. The van der Waals surface area contributed by atoms with Crippen LogP contribution in [0.3, 0.4) is 0 Å². The predicted octanol–water partition coefficient (Wildman–Crippen LogP) is 1.06. The Morgan fingerprint density at radius 1 is 0.848 bits per heavy atom. The van der Waals surface area contributed by atoms with Gasteiger partial charge in [-0.05, 0) is 12.1 Å². The Hall–Kier alpha value is -3.74. The van der Waals surface area contributed by atoms with Crippen molar-refractivity contribution in [2.75, 3.05) is 6.61 Å². The summed E-state index contributed by atoms with van der Waals surface area (Å²) in [5.74, 6) is -2.87. The zero-order valence-corrected chi connectivity index (χ0v) is 18.2. The van der Waals surface area contributed by atoms with Gasteiger partial charge in [-0.15, -0.1) is 0 Å². The van der Waals surface area contributed by atoms with Crippen LogP contribution in [0.5, 0.6) is 5.75 Å². The van der Waals surface area contributed by atoms with E-state index in [-0.39, 0.29) is 11.4 Å². The third-order valence-electron chi connectivity index (χ3n) is 4.25. The van der Waals surface area contributed by atoms with Gasteiger partial charge in [0.25, 0.3) is 5.69 Å². The number of nitro benzene ring substituents is 1. The van der Waals surface area contributed by atoms with E-state index in [1.54, 1.807) is 0 Å². The van der Waals surface area contributed by atoms with E-state index in [2.05, 4.69) is 0 Å². The van der Waals surface area contributed by atoms with E-state index in [4.69, 9.17) is 28.4 Å². The fraction of sp³-hybridized carbons (Fsp3) is 0.500. The van der Waals surface area contributed by atoms with E-state index in [1.165, 1.54) is 24.3 Å². The summed E-state index contributed by atoms with van der Waals surface area (Å²) in [6.07, 6.45) is -6.69. The van der Waals surface area contributed by atoms with Crippen LogP contribution < -0.4 is 4.74 Å². The molecule has 13 nitrogen and oxygen atoms in total. The topological polar surface area (TPSA) is 167 Å². The van der Waals surface area contributed by atoms with Gasteiger partial charge in [0.1, 0.15) is 18.5 Å². The van der Waals surface area contributed by atoms with E-state index < -0.39 is 66.1 Å². The Morgan fingerprint density at radius 2 is 1.36 bits per heavy atom. The molecule has 1 fully saturated rings. The highest BCUT2D eigenvalue weighted by Gasteiger charge is 2.53. The highest BCUT2D eigenvalue weighted by Crippen LogP contribution is 2.31. The van der Waals surface area contributed by atoms with E-state index in [0.29, 0.717) is 0 Å². The second kappa shape index (κ2) is 11.2. The first kappa shape index (κ1) is 25.5. The molecule has 0 aliphatic carbocycles. The van der Waals surface area contributed by atoms with E-state index >= 15 is 0 Å². The average molecular weight is 469 g/mol. The number of esters is 4. The van der Waals surface area contributed by atoms with Crippen molar-refractivity contribution in [2.24, 2.45) is 0 Å². The van der Waals surface area contributed by atoms with Gasteiger partial charge in [-0.3, -0.25) is 29.3 Å². The van der Waals surface area contributed by atoms with Crippen molar-refractivity contribution in [3.63, 3.8) is 0 Å². The summed E-state index contributed by atoms with van der Waals surface area (Å²) in [4.78, 5) is 56.8. The molecule has 1 aromatic rings. The zero-order chi connectivity index (χ0) is 24.7. The molecule has 1 aliphatic heterocycles. The predicted molar refractivity (Wildman–Crippen MR) is 106 cm³/mol. The van der Waals surface area contributed by atoms with Gasteiger partial charge in [0.2, 0.25) is 12.4 Å². The van der Waals surface area contributed by atoms with Crippen LogP contribution in [0.1, 0.15) is 27.7 Å². The summed E-state index contributed by atoms with van der Waals surface area (Å²) in [5, 5.41) is 10.9. The standard InChI is InChI=1S/C20H23NO12/c1-10(22)28-9-16-17(29-11(2)23)18(30-12(3)24)19(31-13(4)25)20(33-16)32-15-7-5-14(6-8-15)21(26)27/h5-8,16-20H,9H2,1-4H3/t16-,17+,18+,19-,20?/m1/s1. The molecule has 1 aromatic carbocycles. The fourth-order valence-electron chi connectivity index (χ4n) is 3.06. The van der Waals surface area contributed by atoms with Crippen LogP contribution in [0, 0.1) is 10.1 Å². The lowest BCUT2D eigenvalue weighted by Crippen LogP contribution is -2.63. The fourth-order valence-corrected chi connectivity index (χ4v) is 3.06. The molecule has 0 bridgehead atoms. The van der Waals surface area contributed by atoms with Crippen LogP contribution in [-0.4, -0.2) is 66.1 Å². The quantitative estimate of drug-likeness (QED) is 0.230. The van der Waals surface area contributed by atoms with Crippen molar-refractivity contribution >= 4 is 29.6 Å². The summed E-state index contributed by atoms with van der Waals surface area (Å²) in [6.45, 7) is 4.05. The lowest BCUT2D eigenvalue weighted by Gasteiger charge is -2.43. The Morgan fingerprint density at radius 3 is 1.85 bits per heavy atom. The maximum absolute atomic E-state index is 11.8. The molecule has 0 saturated carbocycles. The number of hydrogen-bond donors (Lipinski definition) is 0. The van der Waals surface area contributed by atoms with Crippen molar-refractivity contribution in [3.05, 3.63) is 34.4 Å². The van der Waals surface area contributed by atoms with Crippen LogP contribution in [0.15, 0.2) is 24.3 Å². The maximum Gasteiger partial charge on any atom is 0.303 e. The number of rotatable bonds is 8. The van der Waals surface area contributed by atoms with Crippen molar-refractivity contribution in [1.82, 2.24) is 0 Å². The number of nitrogens with zero attached hydrogens (tertiary/aromatic N) is 1. The number of nitro groups is 1. The summed E-state index contributed by atoms with van der Waals surface area (Å²) < 4.78 is 32.3. The molecule has 0 spiro atoms.